The number of nitrogens with one attached hydrogen (secondary N) is 1. The highest BCUT2D eigenvalue weighted by Gasteiger charge is 2.31. The lowest BCUT2D eigenvalue weighted by Gasteiger charge is -2.18. The lowest BCUT2D eigenvalue weighted by molar-refractivity contribution is 0.0880. The Morgan fingerprint density at radius 3 is 3.09 bits per heavy atom. The number of aromatic nitrogens is 3. The molecule has 0 aliphatic carbocycles. The quantitative estimate of drug-likeness (QED) is 0.784. The molecule has 2 aromatic rings. The van der Waals surface area contributed by atoms with Crippen LogP contribution in [0.5, 0.6) is 0 Å². The number of fused-ring (bicyclic) bond motifs is 1. The van der Waals surface area contributed by atoms with E-state index >= 15 is 0 Å². The first-order valence-electron chi connectivity index (χ1n) is 6.78. The summed E-state index contributed by atoms with van der Waals surface area (Å²) in [6, 6.07) is 1.35. The summed E-state index contributed by atoms with van der Waals surface area (Å²) in [5.41, 5.74) is 5.33. The van der Waals surface area contributed by atoms with Crippen molar-refractivity contribution in [3.63, 3.8) is 0 Å². The number of pyridine rings is 1. The van der Waals surface area contributed by atoms with Crippen LogP contribution in [0.25, 0.3) is 11.0 Å². The van der Waals surface area contributed by atoms with Gasteiger partial charge in [-0.3, -0.25) is 9.36 Å². The zero-order valence-electron chi connectivity index (χ0n) is 12.2. The topological polar surface area (TPSA) is 121 Å². The van der Waals surface area contributed by atoms with Crippen LogP contribution in [0.3, 0.4) is 0 Å². The van der Waals surface area contributed by atoms with Crippen LogP contribution >= 0.6 is 15.9 Å². The monoisotopic (exact) mass is 383 g/mol. The van der Waals surface area contributed by atoms with E-state index in [0.29, 0.717) is 22.7 Å². The number of anilines is 1. The third kappa shape index (κ3) is 3.13. The average molecular weight is 384 g/mol. The van der Waals surface area contributed by atoms with E-state index in [0.717, 1.165) is 5.39 Å². The van der Waals surface area contributed by atoms with Crippen molar-refractivity contribution in [3.05, 3.63) is 27.1 Å². The standard InChI is InChI=1S/C13H14BrN5O4/c1-19-10-6(2-7(14)11(19)20)3-16-13(18-10)17-8-4-22-5-9(8)23-12(15)21/h2-3,8-9H,4-5H2,1H3,(H2,15,21)(H,16,17,18)/t8-,9+/m1/s1. The molecule has 0 spiro atoms. The summed E-state index contributed by atoms with van der Waals surface area (Å²) in [5.74, 6) is 0.309. The molecular formula is C13H14BrN5O4. The van der Waals surface area contributed by atoms with Crippen LogP contribution in [-0.2, 0) is 16.5 Å². The predicted octanol–water partition coefficient (Wildman–Crippen LogP) is 0.366. The van der Waals surface area contributed by atoms with Gasteiger partial charge in [0, 0.05) is 18.6 Å². The maximum Gasteiger partial charge on any atom is 0.404 e. The second kappa shape index (κ2) is 6.13. The summed E-state index contributed by atoms with van der Waals surface area (Å²) in [5, 5.41) is 3.76. The molecule has 1 aliphatic rings. The number of carbonyl (C=O) groups is 1. The summed E-state index contributed by atoms with van der Waals surface area (Å²) in [6.07, 6.45) is 0.230. The van der Waals surface area contributed by atoms with Crippen molar-refractivity contribution in [1.82, 2.24) is 14.5 Å². The van der Waals surface area contributed by atoms with Crippen LogP contribution in [0.1, 0.15) is 0 Å². The molecule has 1 aliphatic heterocycles. The molecule has 3 heterocycles. The fourth-order valence-electron chi connectivity index (χ4n) is 2.38. The Bertz CT molecular complexity index is 824. The van der Waals surface area contributed by atoms with Crippen molar-refractivity contribution < 1.29 is 14.3 Å². The predicted molar refractivity (Wildman–Crippen MR) is 85.2 cm³/mol. The van der Waals surface area contributed by atoms with Gasteiger partial charge in [0.2, 0.25) is 5.95 Å². The van der Waals surface area contributed by atoms with E-state index in [4.69, 9.17) is 15.2 Å². The first-order valence-corrected chi connectivity index (χ1v) is 7.57. The van der Waals surface area contributed by atoms with Gasteiger partial charge in [-0.1, -0.05) is 0 Å². The Morgan fingerprint density at radius 2 is 2.35 bits per heavy atom. The van der Waals surface area contributed by atoms with Gasteiger partial charge in [0.1, 0.15) is 11.8 Å². The highest BCUT2D eigenvalue weighted by Crippen LogP contribution is 2.18. The van der Waals surface area contributed by atoms with Crippen LogP contribution in [0.15, 0.2) is 21.5 Å². The van der Waals surface area contributed by atoms with Gasteiger partial charge in [-0.15, -0.1) is 0 Å². The molecule has 1 saturated heterocycles. The molecule has 3 rings (SSSR count). The summed E-state index contributed by atoms with van der Waals surface area (Å²) in [4.78, 5) is 31.4. The third-order valence-corrected chi connectivity index (χ3v) is 4.08. The molecule has 3 N–H and O–H groups in total. The molecule has 2 aromatic heterocycles. The zero-order chi connectivity index (χ0) is 16.6. The number of hydrogen-bond donors (Lipinski definition) is 2. The molecule has 1 amide bonds. The van der Waals surface area contributed by atoms with E-state index in [9.17, 15) is 9.59 Å². The minimum atomic E-state index is -0.862. The number of ether oxygens (including phenoxy) is 2. The highest BCUT2D eigenvalue weighted by atomic mass is 79.9. The first-order chi connectivity index (χ1) is 11.0. The molecule has 0 saturated carbocycles. The van der Waals surface area contributed by atoms with Gasteiger partial charge in [0.15, 0.2) is 0 Å². The number of halogens is 1. The van der Waals surface area contributed by atoms with Gasteiger partial charge in [-0.2, -0.15) is 4.98 Å². The maximum atomic E-state index is 12.0. The van der Waals surface area contributed by atoms with Gasteiger partial charge in [-0.25, -0.2) is 9.78 Å². The van der Waals surface area contributed by atoms with E-state index < -0.39 is 12.2 Å². The fraction of sp³-hybridized carbons (Fsp3) is 0.385. The number of nitrogens with two attached hydrogens (primary N) is 1. The number of primary amides is 1. The van der Waals surface area contributed by atoms with E-state index in [-0.39, 0.29) is 18.2 Å². The van der Waals surface area contributed by atoms with Crippen molar-refractivity contribution in [1.29, 1.82) is 0 Å². The van der Waals surface area contributed by atoms with Crippen molar-refractivity contribution in [2.45, 2.75) is 12.1 Å². The second-order valence-electron chi connectivity index (χ2n) is 5.09. The Labute approximate surface area is 138 Å². The van der Waals surface area contributed by atoms with Gasteiger partial charge >= 0.3 is 6.09 Å². The molecule has 122 valence electrons. The minimum absolute atomic E-state index is 0.193. The molecule has 0 unspecified atom stereocenters. The lowest BCUT2D eigenvalue weighted by Crippen LogP contribution is -2.37. The largest absolute Gasteiger partial charge is 0.442 e. The van der Waals surface area contributed by atoms with Crippen molar-refractivity contribution in [2.24, 2.45) is 12.8 Å². The van der Waals surface area contributed by atoms with Crippen LogP contribution in [0.4, 0.5) is 10.7 Å². The van der Waals surface area contributed by atoms with Gasteiger partial charge in [-0.05, 0) is 22.0 Å². The number of amides is 1. The van der Waals surface area contributed by atoms with E-state index in [1.165, 1.54) is 4.57 Å². The second-order valence-corrected chi connectivity index (χ2v) is 5.95. The number of carbonyl (C=O) groups excluding carboxylic acids is 1. The molecule has 0 aromatic carbocycles. The smallest absolute Gasteiger partial charge is 0.404 e. The van der Waals surface area contributed by atoms with Crippen molar-refractivity contribution in [2.75, 3.05) is 18.5 Å². The molecule has 1 fully saturated rings. The maximum absolute atomic E-state index is 12.0. The molecular weight excluding hydrogens is 370 g/mol. The summed E-state index contributed by atoms with van der Waals surface area (Å²) < 4.78 is 12.1. The van der Waals surface area contributed by atoms with E-state index in [1.807, 2.05) is 0 Å². The number of nitrogens with zero attached hydrogens (tertiary/aromatic N) is 3. The minimum Gasteiger partial charge on any atom is -0.442 e. The normalized spacial score (nSPS) is 20.6. The van der Waals surface area contributed by atoms with Gasteiger partial charge in [0.05, 0.1) is 23.7 Å². The van der Waals surface area contributed by atoms with Gasteiger partial charge < -0.3 is 20.5 Å². The Balaban J connectivity index is 1.89. The number of hydrogen-bond acceptors (Lipinski definition) is 7. The Hall–Kier alpha value is -2.20. The van der Waals surface area contributed by atoms with Crippen LogP contribution in [0, 0.1) is 0 Å². The average Bonchev–Trinajstić information content (AvgIpc) is 2.92. The zero-order valence-corrected chi connectivity index (χ0v) is 13.7. The highest BCUT2D eigenvalue weighted by molar-refractivity contribution is 9.10. The van der Waals surface area contributed by atoms with Crippen LogP contribution in [-0.4, -0.2) is 46.0 Å². The van der Waals surface area contributed by atoms with Crippen molar-refractivity contribution >= 4 is 39.0 Å². The van der Waals surface area contributed by atoms with E-state index in [1.54, 1.807) is 19.3 Å². The molecule has 0 bridgehead atoms. The first kappa shape index (κ1) is 15.7. The summed E-state index contributed by atoms with van der Waals surface area (Å²) in [6.45, 7) is 0.582. The summed E-state index contributed by atoms with van der Waals surface area (Å²) in [7, 11) is 1.63. The Morgan fingerprint density at radius 1 is 1.57 bits per heavy atom. The van der Waals surface area contributed by atoms with E-state index in [2.05, 4.69) is 31.2 Å². The molecule has 10 heteroatoms. The number of aryl methyl sites for hydroxylation is 1. The molecule has 23 heavy (non-hydrogen) atoms. The fourth-order valence-corrected chi connectivity index (χ4v) is 2.89. The SMILES string of the molecule is Cn1c(=O)c(Br)cc2cnc(N[C@@H]3COC[C@@H]3OC(N)=O)nc21. The molecule has 2 atom stereocenters. The number of rotatable bonds is 3. The van der Waals surface area contributed by atoms with Crippen LogP contribution < -0.4 is 16.6 Å². The molecule has 0 radical (unpaired) electrons. The third-order valence-electron chi connectivity index (χ3n) is 3.52. The summed E-state index contributed by atoms with van der Waals surface area (Å²) >= 11 is 3.21. The Kier molecular flexibility index (Phi) is 4.18. The molecule has 9 nitrogen and oxygen atoms in total. The lowest BCUT2D eigenvalue weighted by atomic mass is 10.2. The van der Waals surface area contributed by atoms with Gasteiger partial charge in [0.25, 0.3) is 5.56 Å². The van der Waals surface area contributed by atoms with Crippen LogP contribution in [0.2, 0.25) is 0 Å². The van der Waals surface area contributed by atoms with Crippen molar-refractivity contribution in [3.8, 4) is 0 Å².